The van der Waals surface area contributed by atoms with Gasteiger partial charge >= 0.3 is 53.9 Å². The molecule has 0 unspecified atom stereocenters. The summed E-state index contributed by atoms with van der Waals surface area (Å²) in [5.41, 5.74) is 0. The second kappa shape index (κ2) is 69.7. The van der Waals surface area contributed by atoms with Crippen molar-refractivity contribution in [3.63, 3.8) is 0 Å². The van der Waals surface area contributed by atoms with E-state index < -0.39 is 0 Å². The largest absolute Gasteiger partial charge is 0 e. The van der Waals surface area contributed by atoms with Crippen molar-refractivity contribution in [2.45, 2.75) is 102 Å². The summed E-state index contributed by atoms with van der Waals surface area (Å²) >= 11 is 1.00. The van der Waals surface area contributed by atoms with Crippen molar-refractivity contribution in [3.05, 3.63) is 0 Å². The molecule has 0 aliphatic rings. The van der Waals surface area contributed by atoms with Crippen molar-refractivity contribution in [1.29, 1.82) is 0 Å². The molecule has 0 nitrogen and oxygen atoms in total. The molecule has 10 heteroatoms. The first kappa shape index (κ1) is 63.6. The van der Waals surface area contributed by atoms with Gasteiger partial charge in [0.15, 0.2) is 0 Å². The van der Waals surface area contributed by atoms with Crippen LogP contribution in [0.3, 0.4) is 0 Å². The Bertz CT molecular complexity index is 102. The van der Waals surface area contributed by atoms with Crippen LogP contribution >= 0.6 is 0 Å². The van der Waals surface area contributed by atoms with Crippen LogP contribution in [0.1, 0.15) is 0 Å². The third-order valence-electron chi connectivity index (χ3n) is 0. The SMILES string of the molecule is C[Si](C)C.C[Si](C)C.C[Si](C)C.C[Si](C)C.[CH3][Ge][CH3].[CH3][Ge][CH3].[Ge].[Ge].[K].[K]. The Morgan fingerprint density at radius 1 is 0.346 bits per heavy atom. The van der Waals surface area contributed by atoms with E-state index in [0.29, 0.717) is 30.9 Å². The molecule has 0 aromatic carbocycles. The van der Waals surface area contributed by atoms with Crippen molar-refractivity contribution in [3.8, 4) is 0 Å². The van der Waals surface area contributed by atoms with Gasteiger partial charge in [-0.05, 0) is 0 Å². The topological polar surface area (TPSA) is 0 Å². The van der Waals surface area contributed by atoms with Gasteiger partial charge in [-0.1, -0.05) is 78.6 Å². The molecule has 0 N–H and O–H groups in total. The predicted octanol–water partition coefficient (Wildman–Crippen LogP) is 5.53. The van der Waals surface area contributed by atoms with Crippen molar-refractivity contribution in [1.82, 2.24) is 0 Å². The minimum atomic E-state index is 0. The molecule has 0 heterocycles. The Morgan fingerprint density at radius 3 is 0.346 bits per heavy atom. The monoisotopic (exact) mass is 726 g/mol. The molecule has 0 fully saturated rings. The molecule has 0 aliphatic heterocycles. The molecule has 146 valence electrons. The van der Waals surface area contributed by atoms with Gasteiger partial charge in [-0.25, -0.2) is 0 Å². The third-order valence-corrected chi connectivity index (χ3v) is 0. The molecule has 0 aromatic heterocycles. The standard InChI is InChI=1S/4C3H9Si.2C2H6Ge.2Ge.2K/c4*1-4(2)3;2*1-3-2;;;;/h4*1-3H3;2*1-2H3;;;;. The Hall–Kier alpha value is 6.31. The maximum Gasteiger partial charge on any atom is 0 e. The van der Waals surface area contributed by atoms with Crippen molar-refractivity contribution in [2.24, 2.45) is 0 Å². The molecule has 18 radical (unpaired) electrons. The van der Waals surface area contributed by atoms with Gasteiger partial charge in [0.2, 0.25) is 0 Å². The summed E-state index contributed by atoms with van der Waals surface area (Å²) in [7, 11) is 0.481. The van der Waals surface area contributed by atoms with Gasteiger partial charge in [0.25, 0.3) is 0 Å². The van der Waals surface area contributed by atoms with Gasteiger partial charge in [0, 0.05) is 173 Å². The number of rotatable bonds is 0. The van der Waals surface area contributed by atoms with Crippen LogP contribution in [0.4, 0.5) is 0 Å². The van der Waals surface area contributed by atoms with Gasteiger partial charge < -0.3 is 0 Å². The molecule has 0 spiro atoms. The Morgan fingerprint density at radius 2 is 0.346 bits per heavy atom. The van der Waals surface area contributed by atoms with Crippen molar-refractivity contribution >= 4 is 204 Å². The first-order valence-electron chi connectivity index (χ1n) is 8.00. The van der Waals surface area contributed by atoms with E-state index in [-0.39, 0.29) is 173 Å². The first-order valence-corrected chi connectivity index (χ1v) is 28.4. The van der Waals surface area contributed by atoms with Gasteiger partial charge in [-0.15, -0.1) is 0 Å². The van der Waals surface area contributed by atoms with Gasteiger partial charge in [0.1, 0.15) is 0 Å². The van der Waals surface area contributed by atoms with Crippen LogP contribution < -0.4 is 0 Å². The molecule has 0 saturated heterocycles. The van der Waals surface area contributed by atoms with E-state index >= 15 is 0 Å². The second-order valence-electron chi connectivity index (χ2n) is 7.00. The van der Waals surface area contributed by atoms with Crippen LogP contribution in [0.15, 0.2) is 0 Å². The van der Waals surface area contributed by atoms with E-state index in [1.807, 2.05) is 0 Å². The third kappa shape index (κ3) is 654. The van der Waals surface area contributed by atoms with E-state index in [1.165, 1.54) is 0 Å². The summed E-state index contributed by atoms with van der Waals surface area (Å²) in [5.74, 6) is 9.00. The second-order valence-corrected chi connectivity index (χ2v) is 23.2. The van der Waals surface area contributed by atoms with E-state index in [0.717, 1.165) is 0 Å². The number of hydrogen-bond donors (Lipinski definition) is 0. The van der Waals surface area contributed by atoms with Crippen LogP contribution in [-0.4, -0.2) is 204 Å². The molecule has 0 amide bonds. The maximum absolute atomic E-state index is 2.27. The van der Waals surface area contributed by atoms with E-state index in [2.05, 4.69) is 102 Å². The quantitative estimate of drug-likeness (QED) is 0.289. The zero-order chi connectivity index (χ0) is 19.7. The van der Waals surface area contributed by atoms with Crippen molar-refractivity contribution < 1.29 is 0 Å². The van der Waals surface area contributed by atoms with E-state index in [4.69, 9.17) is 0 Å². The first-order chi connectivity index (χ1) is 9.76. The molecule has 0 aromatic rings. The van der Waals surface area contributed by atoms with Crippen LogP contribution in [-0.2, 0) is 0 Å². The smallest absolute Gasteiger partial charge is 0 e. The minimum Gasteiger partial charge on any atom is 0 e. The summed E-state index contributed by atoms with van der Waals surface area (Å²) in [4.78, 5) is 0. The average Bonchev–Trinajstić information content (AvgIpc) is 2.13. The molecular formula is C16H48Ge4K2Si4. The van der Waals surface area contributed by atoms with Gasteiger partial charge in [-0.2, -0.15) is 0 Å². The molecule has 0 atom stereocenters. The zero-order valence-corrected chi connectivity index (χ0v) is 40.6. The van der Waals surface area contributed by atoms with Crippen LogP contribution in [0, 0.1) is 0 Å². The molecule has 0 rings (SSSR count). The van der Waals surface area contributed by atoms with Gasteiger partial charge in [-0.3, -0.25) is 0 Å². The summed E-state index contributed by atoms with van der Waals surface area (Å²) in [6.07, 6.45) is 0. The summed E-state index contributed by atoms with van der Waals surface area (Å²) in [6.45, 7) is 27.2. The normalized spacial score (nSPS) is 6.92. The van der Waals surface area contributed by atoms with Crippen LogP contribution in [0.2, 0.25) is 102 Å². The van der Waals surface area contributed by atoms with E-state index in [9.17, 15) is 0 Å². The Balaban J connectivity index is -0.0000000144. The minimum absolute atomic E-state index is 0. The summed E-state index contributed by atoms with van der Waals surface area (Å²) in [5, 5.41) is 0. The average molecular weight is 722 g/mol. The van der Waals surface area contributed by atoms with Gasteiger partial charge in [0.05, 0.1) is 0 Å². The van der Waals surface area contributed by atoms with Crippen LogP contribution in [0.5, 0.6) is 0 Å². The molecule has 0 aliphatic carbocycles. The molecule has 0 saturated carbocycles. The summed E-state index contributed by atoms with van der Waals surface area (Å²) < 4.78 is 0. The molecule has 26 heavy (non-hydrogen) atoms. The maximum atomic E-state index is 2.27. The fourth-order valence-corrected chi connectivity index (χ4v) is 0. The Labute approximate surface area is 298 Å². The fourth-order valence-electron chi connectivity index (χ4n) is 0. The molecule has 0 bridgehead atoms. The predicted molar refractivity (Wildman–Crippen MR) is 151 cm³/mol. The Kier molecular flexibility index (Phi) is 171. The van der Waals surface area contributed by atoms with E-state index in [1.54, 1.807) is 0 Å². The summed E-state index contributed by atoms with van der Waals surface area (Å²) in [6, 6.07) is 0. The zero-order valence-electron chi connectivity index (χ0n) is 22.0. The molecular weight excluding hydrogens is 673 g/mol. The van der Waals surface area contributed by atoms with Crippen LogP contribution in [0.25, 0.3) is 0 Å². The fraction of sp³-hybridized carbons (Fsp3) is 1.00. The number of hydrogen-bond acceptors (Lipinski definition) is 0. The van der Waals surface area contributed by atoms with Crippen molar-refractivity contribution in [2.75, 3.05) is 0 Å².